The van der Waals surface area contributed by atoms with Crippen LogP contribution in [0.25, 0.3) is 0 Å². The Morgan fingerprint density at radius 1 is 1.18 bits per heavy atom. The quantitative estimate of drug-likeness (QED) is 0.276. The lowest BCUT2D eigenvalue weighted by Gasteiger charge is -2.30. The van der Waals surface area contributed by atoms with E-state index in [4.69, 9.17) is 4.74 Å². The van der Waals surface area contributed by atoms with Gasteiger partial charge in [-0.25, -0.2) is 9.37 Å². The molecule has 2 aromatic carbocycles. The molecule has 0 aliphatic carbocycles. The van der Waals surface area contributed by atoms with E-state index in [1.54, 1.807) is 47.3 Å². The number of nitrogens with zero attached hydrogens (tertiary/aromatic N) is 3. The normalized spacial score (nSPS) is 12.1. The monoisotopic (exact) mass is 445 g/mol. The Hall–Kier alpha value is -4.41. The molecule has 1 aliphatic heterocycles. The van der Waals surface area contributed by atoms with Crippen LogP contribution in [0, 0.1) is 5.82 Å². The average molecular weight is 445 g/mol. The molecule has 0 atom stereocenters. The molecule has 1 radical (unpaired) electrons. The predicted molar refractivity (Wildman–Crippen MR) is 126 cm³/mol. The first-order valence-electron chi connectivity index (χ1n) is 9.98. The number of hydrogen-bond acceptors (Lipinski definition) is 8. The lowest BCUT2D eigenvalue weighted by molar-refractivity contribution is -0.111. The van der Waals surface area contributed by atoms with Crippen LogP contribution in [0.2, 0.25) is 0 Å². The summed E-state index contributed by atoms with van der Waals surface area (Å²) in [7, 11) is 1.44. The molecular weight excluding hydrogens is 426 g/mol. The highest BCUT2D eigenvalue weighted by molar-refractivity contribution is 6.70. The summed E-state index contributed by atoms with van der Waals surface area (Å²) in [4.78, 5) is 32.4. The first-order valence-corrected chi connectivity index (χ1v) is 9.98. The van der Waals surface area contributed by atoms with Crippen molar-refractivity contribution in [1.29, 1.82) is 0 Å². The molecule has 0 saturated carbocycles. The van der Waals surface area contributed by atoms with E-state index >= 15 is 0 Å². The third-order valence-corrected chi connectivity index (χ3v) is 4.68. The molecule has 1 aliphatic rings. The Balaban J connectivity index is 1.53. The van der Waals surface area contributed by atoms with Crippen LogP contribution in [0.5, 0.6) is 5.75 Å². The molecule has 11 heteroatoms. The van der Waals surface area contributed by atoms with Crippen LogP contribution in [0.3, 0.4) is 0 Å². The minimum Gasteiger partial charge on any atom is -0.490 e. The molecule has 9 nitrogen and oxygen atoms in total. The maximum Gasteiger partial charge on any atom is 0.329 e. The molecule has 0 unspecified atom stereocenters. The first kappa shape index (κ1) is 21.8. The van der Waals surface area contributed by atoms with E-state index in [0.717, 1.165) is 18.0 Å². The van der Waals surface area contributed by atoms with Crippen molar-refractivity contribution in [3.05, 3.63) is 67.1 Å². The number of halogens is 1. The van der Waals surface area contributed by atoms with Crippen molar-refractivity contribution in [3.8, 4) is 5.75 Å². The molecule has 2 heterocycles. The van der Waals surface area contributed by atoms with Crippen LogP contribution in [-0.4, -0.2) is 42.6 Å². The number of hydrogen-bond donors (Lipinski definition) is 3. The van der Waals surface area contributed by atoms with Gasteiger partial charge in [-0.05, 0) is 42.5 Å². The number of benzene rings is 2. The standard InChI is InChI=1S/C22H19BFN6O3/c1-2-20(32)26-14-4-3-5-15(10-14)27-21-17(24)12-25-22(29-21)28-16-6-7-19-18(11-16)30(23-13-31)8-9-33-19/h2-7,10-13H,1,8-9H2,(H,26,32)(H2,25,27,28,29). The number of anilines is 6. The zero-order valence-corrected chi connectivity index (χ0v) is 17.4. The summed E-state index contributed by atoms with van der Waals surface area (Å²) in [6.45, 7) is 4.43. The molecule has 0 bridgehead atoms. The Bertz CT molecular complexity index is 1210. The van der Waals surface area contributed by atoms with Gasteiger partial charge in [0, 0.05) is 23.6 Å². The van der Waals surface area contributed by atoms with Crippen molar-refractivity contribution in [2.45, 2.75) is 0 Å². The fourth-order valence-corrected chi connectivity index (χ4v) is 3.19. The first-order chi connectivity index (χ1) is 16.1. The van der Waals surface area contributed by atoms with Gasteiger partial charge in [0.05, 0.1) is 11.9 Å². The molecule has 165 valence electrons. The highest BCUT2D eigenvalue weighted by Crippen LogP contribution is 2.34. The molecule has 0 fully saturated rings. The molecular formula is C22H19BFN6O3. The lowest BCUT2D eigenvalue weighted by atomic mass is 9.92. The minimum atomic E-state index is -0.647. The Labute approximate surface area is 190 Å². The summed E-state index contributed by atoms with van der Waals surface area (Å²) in [6, 6.07) is 12.1. The van der Waals surface area contributed by atoms with Gasteiger partial charge in [0.15, 0.2) is 11.6 Å². The van der Waals surface area contributed by atoms with Crippen molar-refractivity contribution in [3.63, 3.8) is 0 Å². The van der Waals surface area contributed by atoms with E-state index in [2.05, 4.69) is 32.5 Å². The summed E-state index contributed by atoms with van der Waals surface area (Å²) in [5, 5.41) is 8.56. The Kier molecular flexibility index (Phi) is 6.49. The van der Waals surface area contributed by atoms with Gasteiger partial charge < -0.3 is 30.3 Å². The highest BCUT2D eigenvalue weighted by Gasteiger charge is 2.19. The van der Waals surface area contributed by atoms with Gasteiger partial charge in [-0.3, -0.25) is 4.79 Å². The summed E-state index contributed by atoms with van der Waals surface area (Å²) in [6.07, 6.45) is 2.92. The second kappa shape index (κ2) is 9.81. The molecule has 1 aromatic heterocycles. The number of rotatable bonds is 8. The van der Waals surface area contributed by atoms with E-state index in [9.17, 15) is 14.0 Å². The SMILES string of the molecule is C=CC(=O)Nc1cccc(Nc2nc(Nc3ccc4c(c3)N([B]C=O)CCO4)ncc2F)c1. The van der Waals surface area contributed by atoms with Crippen LogP contribution in [0.4, 0.5) is 38.9 Å². The van der Waals surface area contributed by atoms with E-state index in [0.29, 0.717) is 42.1 Å². The van der Waals surface area contributed by atoms with Gasteiger partial charge in [-0.15, -0.1) is 0 Å². The summed E-state index contributed by atoms with van der Waals surface area (Å²) < 4.78 is 20.0. The summed E-state index contributed by atoms with van der Waals surface area (Å²) in [5.74, 6) is -0.233. The lowest BCUT2D eigenvalue weighted by Crippen LogP contribution is -2.36. The van der Waals surface area contributed by atoms with Crippen LogP contribution < -0.4 is 25.5 Å². The van der Waals surface area contributed by atoms with Gasteiger partial charge in [-0.2, -0.15) is 4.98 Å². The van der Waals surface area contributed by atoms with Crippen molar-refractivity contribution in [1.82, 2.24) is 9.97 Å². The largest absolute Gasteiger partial charge is 0.490 e. The predicted octanol–water partition coefficient (Wildman–Crippen LogP) is 3.24. The molecule has 33 heavy (non-hydrogen) atoms. The third-order valence-electron chi connectivity index (χ3n) is 4.68. The van der Waals surface area contributed by atoms with Crippen LogP contribution in [0.1, 0.15) is 0 Å². The number of carbonyl (C=O) groups is 2. The highest BCUT2D eigenvalue weighted by atomic mass is 19.1. The van der Waals surface area contributed by atoms with Crippen molar-refractivity contribution in [2.75, 3.05) is 33.9 Å². The number of nitrogens with one attached hydrogen (secondary N) is 3. The fourth-order valence-electron chi connectivity index (χ4n) is 3.19. The van der Waals surface area contributed by atoms with E-state index in [1.807, 2.05) is 0 Å². The van der Waals surface area contributed by atoms with Crippen LogP contribution >= 0.6 is 0 Å². The number of ether oxygens (including phenoxy) is 1. The van der Waals surface area contributed by atoms with Gasteiger partial charge in [-0.1, -0.05) is 12.6 Å². The average Bonchev–Trinajstić information content (AvgIpc) is 2.82. The third kappa shape index (κ3) is 5.27. The number of amides is 1. The molecule has 0 spiro atoms. The van der Waals surface area contributed by atoms with Gasteiger partial charge in [0.25, 0.3) is 0 Å². The molecule has 1 amide bonds. The van der Waals surface area contributed by atoms with Gasteiger partial charge in [0.2, 0.25) is 11.9 Å². The smallest absolute Gasteiger partial charge is 0.329 e. The Morgan fingerprint density at radius 2 is 2.00 bits per heavy atom. The number of fused-ring (bicyclic) bond motifs is 1. The fraction of sp³-hybridized carbons (Fsp3) is 0.0909. The van der Waals surface area contributed by atoms with Gasteiger partial charge in [0.1, 0.15) is 18.5 Å². The second-order valence-corrected chi connectivity index (χ2v) is 6.92. The minimum absolute atomic E-state index is 0.0445. The zero-order chi connectivity index (χ0) is 23.2. The molecule has 0 saturated heterocycles. The zero-order valence-electron chi connectivity index (χ0n) is 17.4. The van der Waals surface area contributed by atoms with Crippen molar-refractivity contribution in [2.24, 2.45) is 0 Å². The molecule has 4 rings (SSSR count). The van der Waals surface area contributed by atoms with E-state index < -0.39 is 5.82 Å². The Morgan fingerprint density at radius 3 is 2.82 bits per heavy atom. The molecule has 3 N–H and O–H groups in total. The van der Waals surface area contributed by atoms with Crippen molar-refractivity contribution >= 4 is 54.0 Å². The topological polar surface area (TPSA) is 108 Å². The summed E-state index contributed by atoms with van der Waals surface area (Å²) >= 11 is 0. The van der Waals surface area contributed by atoms with Gasteiger partial charge >= 0.3 is 7.41 Å². The maximum atomic E-state index is 14.4. The van der Waals surface area contributed by atoms with E-state index in [1.165, 1.54) is 7.41 Å². The van der Waals surface area contributed by atoms with Crippen LogP contribution in [-0.2, 0) is 9.59 Å². The maximum absolute atomic E-state index is 14.4. The molecule has 3 aromatic rings. The second-order valence-electron chi connectivity index (χ2n) is 6.92. The van der Waals surface area contributed by atoms with E-state index in [-0.39, 0.29) is 17.7 Å². The van der Waals surface area contributed by atoms with Crippen LogP contribution in [0.15, 0.2) is 61.3 Å². The number of aromatic nitrogens is 2. The summed E-state index contributed by atoms with van der Waals surface area (Å²) in [5.41, 5.74) is 2.39. The number of carbonyl (C=O) groups excluding carboxylic acids is 2. The van der Waals surface area contributed by atoms with Crippen molar-refractivity contribution < 1.29 is 18.7 Å².